The molecule has 0 aliphatic heterocycles. The third kappa shape index (κ3) is 4.31. The van der Waals surface area contributed by atoms with Crippen LogP contribution < -0.4 is 0 Å². The van der Waals surface area contributed by atoms with Crippen molar-refractivity contribution in [1.29, 1.82) is 0 Å². The van der Waals surface area contributed by atoms with Crippen molar-refractivity contribution in [1.82, 2.24) is 9.78 Å². The fourth-order valence-corrected chi connectivity index (χ4v) is 4.01. The van der Waals surface area contributed by atoms with Gasteiger partial charge in [-0.3, -0.25) is 4.79 Å². The van der Waals surface area contributed by atoms with E-state index in [0.717, 1.165) is 16.5 Å². The molecule has 0 spiro atoms. The van der Waals surface area contributed by atoms with Gasteiger partial charge in [-0.25, -0.2) is 9.07 Å². The molecule has 3 aromatic carbocycles. The number of halogens is 2. The van der Waals surface area contributed by atoms with Gasteiger partial charge in [0.15, 0.2) is 5.78 Å². The van der Waals surface area contributed by atoms with Crippen LogP contribution in [0.15, 0.2) is 66.7 Å². The van der Waals surface area contributed by atoms with Gasteiger partial charge in [0.25, 0.3) is 0 Å². The lowest BCUT2D eigenvalue weighted by molar-refractivity contribution is 0.0907. The van der Waals surface area contributed by atoms with Crippen LogP contribution in [0.1, 0.15) is 30.6 Å². The first kappa shape index (κ1) is 22.2. The number of aliphatic hydroxyl groups is 1. The predicted molar refractivity (Wildman–Crippen MR) is 126 cm³/mol. The fourth-order valence-electron chi connectivity index (χ4n) is 3.79. The highest BCUT2D eigenvalue weighted by molar-refractivity contribution is 6.33. The monoisotopic (exact) mass is 450 g/mol. The lowest BCUT2D eigenvalue weighted by Gasteiger charge is -2.17. The molecule has 32 heavy (non-hydrogen) atoms. The van der Waals surface area contributed by atoms with Gasteiger partial charge in [0, 0.05) is 29.5 Å². The van der Waals surface area contributed by atoms with Gasteiger partial charge in [-0.2, -0.15) is 5.10 Å². The van der Waals surface area contributed by atoms with Gasteiger partial charge in [-0.05, 0) is 54.3 Å². The zero-order chi connectivity index (χ0) is 22.8. The van der Waals surface area contributed by atoms with E-state index >= 15 is 0 Å². The van der Waals surface area contributed by atoms with Gasteiger partial charge in [0.2, 0.25) is 0 Å². The van der Waals surface area contributed by atoms with Gasteiger partial charge in [-0.1, -0.05) is 49.7 Å². The summed E-state index contributed by atoms with van der Waals surface area (Å²) in [5, 5.41) is 15.8. The summed E-state index contributed by atoms with van der Waals surface area (Å²) in [6, 6.07) is 19.0. The number of aromatic nitrogens is 2. The molecule has 4 rings (SSSR count). The third-order valence-electron chi connectivity index (χ3n) is 5.83. The van der Waals surface area contributed by atoms with Crippen LogP contribution in [0, 0.1) is 17.7 Å². The Bertz CT molecular complexity index is 1260. The fraction of sp³-hybridized carbons (Fsp3) is 0.231. The van der Waals surface area contributed by atoms with Crippen LogP contribution in [-0.2, 0) is 0 Å². The summed E-state index contributed by atoms with van der Waals surface area (Å²) in [4.78, 5) is 13.0. The highest BCUT2D eigenvalue weighted by atomic mass is 35.5. The van der Waals surface area contributed by atoms with Crippen molar-refractivity contribution in [2.75, 3.05) is 6.61 Å². The zero-order valence-corrected chi connectivity index (χ0v) is 18.7. The lowest BCUT2D eigenvalue weighted by atomic mass is 9.89. The molecule has 6 heteroatoms. The molecule has 0 bridgehead atoms. The van der Waals surface area contributed by atoms with Gasteiger partial charge in [0.05, 0.1) is 16.2 Å². The first-order valence-electron chi connectivity index (χ1n) is 10.6. The van der Waals surface area contributed by atoms with Crippen molar-refractivity contribution in [3.8, 4) is 16.9 Å². The van der Waals surface area contributed by atoms with Crippen molar-refractivity contribution < 1.29 is 14.3 Å². The highest BCUT2D eigenvalue weighted by Gasteiger charge is 2.21. The largest absolute Gasteiger partial charge is 0.396 e. The Morgan fingerprint density at radius 1 is 1.09 bits per heavy atom. The average molecular weight is 451 g/mol. The molecule has 1 heterocycles. The van der Waals surface area contributed by atoms with E-state index in [-0.39, 0.29) is 36.5 Å². The number of carbonyl (C=O) groups is 1. The summed E-state index contributed by atoms with van der Waals surface area (Å²) < 4.78 is 15.2. The maximum Gasteiger partial charge on any atom is 0.163 e. The van der Waals surface area contributed by atoms with E-state index in [9.17, 15) is 14.3 Å². The van der Waals surface area contributed by atoms with Crippen LogP contribution in [0.4, 0.5) is 4.39 Å². The molecule has 0 saturated heterocycles. The number of ketones is 1. The topological polar surface area (TPSA) is 55.1 Å². The van der Waals surface area contributed by atoms with E-state index in [2.05, 4.69) is 0 Å². The van der Waals surface area contributed by atoms with Gasteiger partial charge in [-0.15, -0.1) is 0 Å². The first-order chi connectivity index (χ1) is 15.4. The van der Waals surface area contributed by atoms with Gasteiger partial charge in [0.1, 0.15) is 11.5 Å². The van der Waals surface area contributed by atoms with Crippen molar-refractivity contribution in [2.45, 2.75) is 20.3 Å². The van der Waals surface area contributed by atoms with Crippen LogP contribution in [0.2, 0.25) is 5.02 Å². The molecule has 0 fully saturated rings. The Morgan fingerprint density at radius 3 is 2.47 bits per heavy atom. The van der Waals surface area contributed by atoms with E-state index in [1.165, 1.54) is 12.1 Å². The molecule has 164 valence electrons. The Labute approximate surface area is 191 Å². The van der Waals surface area contributed by atoms with Crippen LogP contribution in [0.3, 0.4) is 0 Å². The number of aliphatic hydroxyl groups excluding tert-OH is 1. The number of hydrogen-bond acceptors (Lipinski definition) is 3. The molecule has 1 atom stereocenters. The van der Waals surface area contributed by atoms with Crippen LogP contribution in [0.25, 0.3) is 27.8 Å². The number of hydrogen-bond donors (Lipinski definition) is 1. The Hall–Kier alpha value is -3.02. The normalized spacial score (nSPS) is 12.4. The van der Waals surface area contributed by atoms with E-state index in [1.54, 1.807) is 28.9 Å². The van der Waals surface area contributed by atoms with Crippen LogP contribution in [-0.4, -0.2) is 27.3 Å². The molecule has 0 amide bonds. The molecular formula is C26H24ClFN2O2. The molecule has 0 saturated carbocycles. The summed E-state index contributed by atoms with van der Waals surface area (Å²) in [5.41, 5.74) is 3.41. The quantitative estimate of drug-likeness (QED) is 0.335. The molecule has 0 aliphatic carbocycles. The minimum absolute atomic E-state index is 0.0319. The maximum absolute atomic E-state index is 13.5. The van der Waals surface area contributed by atoms with Crippen molar-refractivity contribution >= 4 is 28.3 Å². The van der Waals surface area contributed by atoms with E-state index in [4.69, 9.17) is 16.7 Å². The Morgan fingerprint density at radius 2 is 1.81 bits per heavy atom. The number of carbonyl (C=O) groups excluding carboxylic acids is 1. The van der Waals surface area contributed by atoms with E-state index < -0.39 is 0 Å². The maximum atomic E-state index is 13.5. The molecule has 1 aromatic heterocycles. The van der Waals surface area contributed by atoms with Crippen molar-refractivity contribution in [2.24, 2.45) is 11.8 Å². The van der Waals surface area contributed by atoms with E-state index in [0.29, 0.717) is 22.0 Å². The third-order valence-corrected chi connectivity index (χ3v) is 6.16. The van der Waals surface area contributed by atoms with E-state index in [1.807, 2.05) is 44.2 Å². The number of fused-ring (bicyclic) bond motifs is 1. The molecule has 0 aliphatic rings. The number of rotatable bonds is 7. The average Bonchev–Trinajstić information content (AvgIpc) is 3.16. The first-order valence-corrected chi connectivity index (χ1v) is 10.9. The summed E-state index contributed by atoms with van der Waals surface area (Å²) in [6.45, 7) is 3.96. The molecule has 0 unspecified atom stereocenters. The summed E-state index contributed by atoms with van der Waals surface area (Å²) in [5.74, 6) is -0.273. The highest BCUT2D eigenvalue weighted by Crippen LogP contribution is 2.34. The smallest absolute Gasteiger partial charge is 0.163 e. The Kier molecular flexibility index (Phi) is 6.40. The van der Waals surface area contributed by atoms with Gasteiger partial charge < -0.3 is 5.11 Å². The predicted octanol–water partition coefficient (Wildman–Crippen LogP) is 6.32. The van der Waals surface area contributed by atoms with Crippen LogP contribution in [0.5, 0.6) is 0 Å². The number of nitrogens with zero attached hydrogens (tertiary/aromatic N) is 2. The molecule has 0 radical (unpaired) electrons. The second-order valence-corrected chi connectivity index (χ2v) is 8.67. The SMILES string of the molecule is CC(C)[C@@H](CO)CC(=O)c1ccc2c(-c3ccccc3Cl)nn(-c3ccc(F)cc3)c2c1. The molecular weight excluding hydrogens is 427 g/mol. The summed E-state index contributed by atoms with van der Waals surface area (Å²) >= 11 is 6.44. The number of Topliss-reactive ketones (excluding diaryl/α,β-unsaturated/α-hetero) is 1. The van der Waals surface area contributed by atoms with Crippen molar-refractivity contribution in [3.05, 3.63) is 83.1 Å². The molecule has 1 N–H and O–H groups in total. The summed E-state index contributed by atoms with van der Waals surface area (Å²) in [7, 11) is 0. The second-order valence-electron chi connectivity index (χ2n) is 8.26. The minimum Gasteiger partial charge on any atom is -0.396 e. The second kappa shape index (κ2) is 9.23. The lowest BCUT2D eigenvalue weighted by Crippen LogP contribution is -2.18. The molecule has 4 nitrogen and oxygen atoms in total. The standard InChI is InChI=1S/C26H24ClFN2O2/c1-16(2)18(15-31)14-25(32)17-7-12-22-24(13-17)30(20-10-8-19(28)9-11-20)29-26(22)21-5-3-4-6-23(21)27/h3-13,16,18,31H,14-15H2,1-2H3/t18-/m1/s1. The van der Waals surface area contributed by atoms with Crippen LogP contribution >= 0.6 is 11.6 Å². The minimum atomic E-state index is -0.337. The number of benzene rings is 3. The van der Waals surface area contributed by atoms with Crippen molar-refractivity contribution in [3.63, 3.8) is 0 Å². The summed E-state index contributed by atoms with van der Waals surface area (Å²) in [6.07, 6.45) is 0.266. The van der Waals surface area contributed by atoms with Gasteiger partial charge >= 0.3 is 0 Å². The molecule has 4 aromatic rings. The Balaban J connectivity index is 1.87. The zero-order valence-electron chi connectivity index (χ0n) is 17.9.